The third-order valence-corrected chi connectivity index (χ3v) is 3.73. The van der Waals surface area contributed by atoms with E-state index in [4.69, 9.17) is 0 Å². The van der Waals surface area contributed by atoms with Crippen LogP contribution in [0.5, 0.6) is 0 Å². The molecule has 0 aliphatic rings. The van der Waals surface area contributed by atoms with Crippen molar-refractivity contribution in [2.45, 2.75) is 27.4 Å². The van der Waals surface area contributed by atoms with Crippen molar-refractivity contribution in [1.29, 1.82) is 0 Å². The van der Waals surface area contributed by atoms with E-state index >= 15 is 0 Å². The zero-order chi connectivity index (χ0) is 16.4. The molecule has 5 nitrogen and oxygen atoms in total. The smallest absolute Gasteiger partial charge is 0.178 e. The fourth-order valence-electron chi connectivity index (χ4n) is 2.75. The van der Waals surface area contributed by atoms with E-state index in [9.17, 15) is 5.11 Å². The van der Waals surface area contributed by atoms with Crippen molar-refractivity contribution >= 4 is 22.1 Å². The molecule has 4 aromatic rings. The Hall–Kier alpha value is -2.66. The normalized spacial score (nSPS) is 10.8. The Bertz CT molecular complexity index is 952. The number of hydrogen-bond donors (Lipinski definition) is 3. The van der Waals surface area contributed by atoms with Crippen molar-refractivity contribution in [3.8, 4) is 11.3 Å². The Morgan fingerprint density at radius 3 is 2.74 bits per heavy atom. The molecule has 3 aromatic heterocycles. The molecule has 0 saturated carbocycles. The van der Waals surface area contributed by atoms with Crippen LogP contribution in [0.1, 0.15) is 25.2 Å². The summed E-state index contributed by atoms with van der Waals surface area (Å²) in [6, 6.07) is 9.91. The van der Waals surface area contributed by atoms with Crippen LogP contribution < -0.4 is 0 Å². The number of aryl methyl sites for hydroxylation is 1. The lowest BCUT2D eigenvalue weighted by Gasteiger charge is -1.98. The average Bonchev–Trinajstić information content (AvgIpc) is 3.18. The van der Waals surface area contributed by atoms with Crippen molar-refractivity contribution in [1.82, 2.24) is 19.9 Å². The van der Waals surface area contributed by atoms with E-state index in [2.05, 4.69) is 26.0 Å². The van der Waals surface area contributed by atoms with E-state index in [1.165, 1.54) is 0 Å². The number of imidazole rings is 1. The molecular formula is C18H20N4O. The van der Waals surface area contributed by atoms with Crippen LogP contribution >= 0.6 is 0 Å². The Labute approximate surface area is 134 Å². The first-order chi connectivity index (χ1) is 11.3. The van der Waals surface area contributed by atoms with Gasteiger partial charge in [-0.1, -0.05) is 26.0 Å². The maximum atomic E-state index is 9.45. The molecule has 0 radical (unpaired) electrons. The highest BCUT2D eigenvalue weighted by molar-refractivity contribution is 5.94. The van der Waals surface area contributed by atoms with Crippen molar-refractivity contribution in [3.63, 3.8) is 0 Å². The first kappa shape index (κ1) is 15.2. The topological polar surface area (TPSA) is 77.6 Å². The van der Waals surface area contributed by atoms with Crippen molar-refractivity contribution in [2.24, 2.45) is 0 Å². The molecule has 4 rings (SSSR count). The predicted molar refractivity (Wildman–Crippen MR) is 93.2 cm³/mol. The number of aliphatic hydroxyl groups is 1. The summed E-state index contributed by atoms with van der Waals surface area (Å²) in [6.45, 7) is 5.95. The molecule has 0 fully saturated rings. The van der Waals surface area contributed by atoms with Gasteiger partial charge in [-0.2, -0.15) is 0 Å². The summed E-state index contributed by atoms with van der Waals surface area (Å²) in [6.07, 6.45) is 1.76. The first-order valence-electron chi connectivity index (χ1n) is 7.79. The van der Waals surface area contributed by atoms with Gasteiger partial charge in [0.1, 0.15) is 5.82 Å². The molecule has 0 amide bonds. The Morgan fingerprint density at radius 2 is 1.96 bits per heavy atom. The minimum absolute atomic E-state index is 0.0313. The summed E-state index contributed by atoms with van der Waals surface area (Å²) in [5.41, 5.74) is 5.58. The summed E-state index contributed by atoms with van der Waals surface area (Å²) < 4.78 is 0. The van der Waals surface area contributed by atoms with Gasteiger partial charge < -0.3 is 15.1 Å². The molecule has 23 heavy (non-hydrogen) atoms. The highest BCUT2D eigenvalue weighted by atomic mass is 16.3. The van der Waals surface area contributed by atoms with Crippen molar-refractivity contribution in [3.05, 3.63) is 47.9 Å². The van der Waals surface area contributed by atoms with Gasteiger partial charge in [0.2, 0.25) is 0 Å². The van der Waals surface area contributed by atoms with E-state index in [1.807, 2.05) is 45.0 Å². The third-order valence-electron chi connectivity index (χ3n) is 3.73. The van der Waals surface area contributed by atoms with E-state index in [-0.39, 0.29) is 6.61 Å². The lowest BCUT2D eigenvalue weighted by atomic mass is 10.1. The molecule has 0 saturated heterocycles. The van der Waals surface area contributed by atoms with Gasteiger partial charge in [-0.05, 0) is 30.7 Å². The standard InChI is InChI=1S/C16H14N4O.C2H6/c1-9-18-15-11(5-6-17-16(15)19-9)14-7-12-10(8-21)3-2-4-13(12)20-14;1-2/h2-7,20-21H,8H2,1H3,(H,17,18,19);1-2H3. The predicted octanol–water partition coefficient (Wildman–Crippen LogP) is 3.93. The quantitative estimate of drug-likeness (QED) is 0.525. The second-order valence-corrected chi connectivity index (χ2v) is 5.10. The van der Waals surface area contributed by atoms with Gasteiger partial charge in [0.05, 0.1) is 12.1 Å². The Kier molecular flexibility index (Phi) is 4.12. The van der Waals surface area contributed by atoms with Crippen LogP contribution in [-0.4, -0.2) is 25.0 Å². The minimum Gasteiger partial charge on any atom is -0.392 e. The highest BCUT2D eigenvalue weighted by Gasteiger charge is 2.11. The molecule has 118 valence electrons. The summed E-state index contributed by atoms with van der Waals surface area (Å²) in [4.78, 5) is 15.3. The second kappa shape index (κ2) is 6.22. The second-order valence-electron chi connectivity index (χ2n) is 5.10. The van der Waals surface area contributed by atoms with Gasteiger partial charge >= 0.3 is 0 Å². The largest absolute Gasteiger partial charge is 0.392 e. The van der Waals surface area contributed by atoms with Crippen LogP contribution in [0, 0.1) is 6.92 Å². The zero-order valence-electron chi connectivity index (χ0n) is 13.5. The number of nitrogens with one attached hydrogen (secondary N) is 2. The molecule has 0 unspecified atom stereocenters. The summed E-state index contributed by atoms with van der Waals surface area (Å²) in [5.74, 6) is 0.845. The molecule has 0 aliphatic carbocycles. The molecule has 0 atom stereocenters. The van der Waals surface area contributed by atoms with Crippen LogP contribution in [0.4, 0.5) is 0 Å². The van der Waals surface area contributed by atoms with Gasteiger partial charge in [-0.3, -0.25) is 0 Å². The molecule has 0 bridgehead atoms. The number of aromatic nitrogens is 4. The molecule has 0 aliphatic heterocycles. The van der Waals surface area contributed by atoms with Gasteiger partial charge in [0.15, 0.2) is 5.65 Å². The van der Waals surface area contributed by atoms with Crippen molar-refractivity contribution in [2.75, 3.05) is 0 Å². The fraction of sp³-hybridized carbons (Fsp3) is 0.222. The molecule has 5 heteroatoms. The maximum Gasteiger partial charge on any atom is 0.178 e. The van der Waals surface area contributed by atoms with Crippen LogP contribution in [0.3, 0.4) is 0 Å². The van der Waals surface area contributed by atoms with E-state index in [0.717, 1.165) is 39.1 Å². The third kappa shape index (κ3) is 2.59. The number of aromatic amines is 2. The molecular weight excluding hydrogens is 288 g/mol. The molecule has 3 heterocycles. The molecule has 0 spiro atoms. The lowest BCUT2D eigenvalue weighted by molar-refractivity contribution is 0.283. The minimum atomic E-state index is 0.0313. The number of fused-ring (bicyclic) bond motifs is 2. The van der Waals surface area contributed by atoms with Gasteiger partial charge in [0, 0.05) is 28.4 Å². The number of pyridine rings is 1. The van der Waals surface area contributed by atoms with Crippen LogP contribution in [-0.2, 0) is 6.61 Å². The summed E-state index contributed by atoms with van der Waals surface area (Å²) >= 11 is 0. The number of hydrogen-bond acceptors (Lipinski definition) is 3. The monoisotopic (exact) mass is 308 g/mol. The van der Waals surface area contributed by atoms with Crippen molar-refractivity contribution < 1.29 is 5.11 Å². The van der Waals surface area contributed by atoms with Crippen LogP contribution in [0.2, 0.25) is 0 Å². The van der Waals surface area contributed by atoms with Gasteiger partial charge in [-0.15, -0.1) is 0 Å². The van der Waals surface area contributed by atoms with Crippen LogP contribution in [0.25, 0.3) is 33.3 Å². The maximum absolute atomic E-state index is 9.45. The van der Waals surface area contributed by atoms with E-state index in [1.54, 1.807) is 6.20 Å². The number of nitrogens with zero attached hydrogens (tertiary/aromatic N) is 2. The number of aliphatic hydroxyl groups excluding tert-OH is 1. The Balaban J connectivity index is 0.000000753. The van der Waals surface area contributed by atoms with Gasteiger partial charge in [0.25, 0.3) is 0 Å². The summed E-state index contributed by atoms with van der Waals surface area (Å²) in [5, 5.41) is 10.5. The van der Waals surface area contributed by atoms with E-state index < -0.39 is 0 Å². The molecule has 1 aromatic carbocycles. The van der Waals surface area contributed by atoms with Crippen LogP contribution in [0.15, 0.2) is 36.5 Å². The Morgan fingerprint density at radius 1 is 1.13 bits per heavy atom. The zero-order valence-corrected chi connectivity index (χ0v) is 13.5. The first-order valence-corrected chi connectivity index (χ1v) is 7.79. The summed E-state index contributed by atoms with van der Waals surface area (Å²) in [7, 11) is 0. The lowest BCUT2D eigenvalue weighted by Crippen LogP contribution is -1.82. The fourth-order valence-corrected chi connectivity index (χ4v) is 2.75. The number of benzene rings is 1. The molecule has 3 N–H and O–H groups in total. The van der Waals surface area contributed by atoms with E-state index in [0.29, 0.717) is 5.65 Å². The average molecular weight is 308 g/mol. The van der Waals surface area contributed by atoms with Gasteiger partial charge in [-0.25, -0.2) is 9.97 Å². The number of H-pyrrole nitrogens is 2. The number of rotatable bonds is 2. The highest BCUT2D eigenvalue weighted by Crippen LogP contribution is 2.30. The SMILES string of the molecule is CC.Cc1nc2nccc(-c3cc4c(CO)cccc4[nH]3)c2[nH]1.